The van der Waals surface area contributed by atoms with Gasteiger partial charge in [-0.3, -0.25) is 9.59 Å². The van der Waals surface area contributed by atoms with Crippen LogP contribution in [0, 0.1) is 5.92 Å². The summed E-state index contributed by atoms with van der Waals surface area (Å²) in [6.45, 7) is 0.157. The van der Waals surface area contributed by atoms with Gasteiger partial charge in [0.1, 0.15) is 19.0 Å². The van der Waals surface area contributed by atoms with E-state index in [1.54, 1.807) is 25.1 Å². The monoisotopic (exact) mass is 452 g/mol. The first-order chi connectivity index (χ1) is 15.2. The molecule has 0 spiro atoms. The first kappa shape index (κ1) is 23.5. The zero-order valence-electron chi connectivity index (χ0n) is 17.3. The van der Waals surface area contributed by atoms with Crippen LogP contribution in [-0.4, -0.2) is 47.8 Å². The summed E-state index contributed by atoms with van der Waals surface area (Å²) in [6.07, 6.45) is 0.322. The lowest BCUT2D eigenvalue weighted by Gasteiger charge is -2.15. The van der Waals surface area contributed by atoms with Gasteiger partial charge < -0.3 is 20.1 Å². The molecule has 172 valence electrons. The highest BCUT2D eigenvalue weighted by molar-refractivity contribution is 5.97. The van der Waals surface area contributed by atoms with Crippen molar-refractivity contribution in [1.82, 2.24) is 15.3 Å². The molecular weight excluding hydrogens is 429 g/mol. The van der Waals surface area contributed by atoms with Gasteiger partial charge in [0.05, 0.1) is 12.6 Å². The largest absolute Gasteiger partial charge is 0.475 e. The Hall–Kier alpha value is -3.21. The highest BCUT2D eigenvalue weighted by Gasteiger charge is 2.30. The Morgan fingerprint density at radius 1 is 1.19 bits per heavy atom. The van der Waals surface area contributed by atoms with E-state index in [-0.39, 0.29) is 42.9 Å². The fourth-order valence-electron chi connectivity index (χ4n) is 2.70. The van der Waals surface area contributed by atoms with Gasteiger partial charge in [-0.1, -0.05) is 6.07 Å². The summed E-state index contributed by atoms with van der Waals surface area (Å²) in [4.78, 5) is 32.6. The predicted molar refractivity (Wildman–Crippen MR) is 108 cm³/mol. The van der Waals surface area contributed by atoms with Crippen molar-refractivity contribution in [2.75, 3.05) is 25.1 Å². The van der Waals surface area contributed by atoms with Crippen LogP contribution in [0.3, 0.4) is 0 Å². The van der Waals surface area contributed by atoms with Crippen LogP contribution in [0.2, 0.25) is 0 Å². The molecule has 1 aliphatic carbocycles. The Balaban J connectivity index is 1.47. The van der Waals surface area contributed by atoms with Gasteiger partial charge >= 0.3 is 6.18 Å². The third kappa shape index (κ3) is 7.49. The number of aromatic nitrogens is 2. The number of hydrogen-bond acceptors (Lipinski definition) is 6. The molecular formula is C21H23F3N4O4. The predicted octanol–water partition coefficient (Wildman–Crippen LogP) is 3.27. The quantitative estimate of drug-likeness (QED) is 0.537. The van der Waals surface area contributed by atoms with Crippen molar-refractivity contribution < 1.29 is 32.2 Å². The van der Waals surface area contributed by atoms with Crippen LogP contribution in [0.25, 0.3) is 0 Å². The van der Waals surface area contributed by atoms with E-state index in [4.69, 9.17) is 4.74 Å². The Labute approximate surface area is 182 Å². The number of nitrogens with one attached hydrogen (secondary N) is 2. The molecule has 32 heavy (non-hydrogen) atoms. The Morgan fingerprint density at radius 2 is 1.97 bits per heavy atom. The molecule has 0 aliphatic heterocycles. The van der Waals surface area contributed by atoms with Gasteiger partial charge in [-0.15, -0.1) is 0 Å². The maximum absolute atomic E-state index is 12.6. The number of carbonyl (C=O) groups excluding carboxylic acids is 2. The maximum Gasteiger partial charge on any atom is 0.411 e. The van der Waals surface area contributed by atoms with E-state index in [1.165, 1.54) is 18.5 Å². The second-order valence-corrected chi connectivity index (χ2v) is 7.33. The Morgan fingerprint density at radius 3 is 2.62 bits per heavy atom. The highest BCUT2D eigenvalue weighted by Crippen LogP contribution is 2.30. The summed E-state index contributed by atoms with van der Waals surface area (Å²) in [5, 5.41) is 5.54. The molecule has 0 radical (unpaired) electrons. The molecule has 8 nitrogen and oxygen atoms in total. The molecule has 1 atom stereocenters. The molecule has 1 unspecified atom stereocenters. The van der Waals surface area contributed by atoms with E-state index >= 15 is 0 Å². The number of amides is 2. The van der Waals surface area contributed by atoms with E-state index < -0.39 is 12.8 Å². The van der Waals surface area contributed by atoms with Crippen molar-refractivity contribution in [1.29, 1.82) is 0 Å². The standard InChI is InChI=1S/C21H23F3N4O4/c1-13(16-4-5-18(26-11-16)32-9-8-31-12-21(22,23)24)27-20(30)15-6-7-25-17(10-15)28-19(29)14-2-3-14/h4-7,10-11,13-14H,2-3,8-9,12H2,1H3,(H,27,30)(H,25,28,29). The second kappa shape index (κ2) is 10.4. The Bertz CT molecular complexity index is 933. The number of nitrogens with zero attached hydrogens (tertiary/aromatic N) is 2. The molecule has 11 heteroatoms. The number of rotatable bonds is 10. The van der Waals surface area contributed by atoms with Crippen LogP contribution in [0.1, 0.15) is 41.7 Å². The minimum Gasteiger partial charge on any atom is -0.475 e. The molecule has 0 aromatic carbocycles. The van der Waals surface area contributed by atoms with Gasteiger partial charge in [0.2, 0.25) is 11.8 Å². The highest BCUT2D eigenvalue weighted by atomic mass is 19.4. The number of halogens is 3. The van der Waals surface area contributed by atoms with Crippen molar-refractivity contribution in [3.05, 3.63) is 47.8 Å². The van der Waals surface area contributed by atoms with Crippen molar-refractivity contribution in [2.24, 2.45) is 5.92 Å². The average Bonchev–Trinajstić information content (AvgIpc) is 3.59. The fourth-order valence-corrected chi connectivity index (χ4v) is 2.70. The summed E-state index contributed by atoms with van der Waals surface area (Å²) < 4.78 is 45.7. The normalized spacial score (nSPS) is 14.5. The number of ether oxygens (including phenoxy) is 2. The minimum absolute atomic E-state index is 0.0289. The first-order valence-corrected chi connectivity index (χ1v) is 10.0. The smallest absolute Gasteiger partial charge is 0.411 e. The van der Waals surface area contributed by atoms with Gasteiger partial charge in [0.15, 0.2) is 0 Å². The summed E-state index contributed by atoms with van der Waals surface area (Å²) in [5.74, 6) is 0.145. The van der Waals surface area contributed by atoms with Crippen molar-refractivity contribution in [2.45, 2.75) is 32.0 Å². The lowest BCUT2D eigenvalue weighted by atomic mass is 10.1. The SMILES string of the molecule is CC(NC(=O)c1ccnc(NC(=O)C2CC2)c1)c1ccc(OCCOCC(F)(F)F)nc1. The van der Waals surface area contributed by atoms with E-state index in [1.807, 2.05) is 0 Å². The molecule has 1 aliphatic rings. The lowest BCUT2D eigenvalue weighted by molar-refractivity contribution is -0.175. The molecule has 2 aromatic rings. The molecule has 0 saturated heterocycles. The maximum atomic E-state index is 12.6. The van der Waals surface area contributed by atoms with Crippen LogP contribution in [-0.2, 0) is 9.53 Å². The van der Waals surface area contributed by atoms with Crippen LogP contribution in [0.4, 0.5) is 19.0 Å². The van der Waals surface area contributed by atoms with E-state index in [2.05, 4.69) is 25.3 Å². The average molecular weight is 452 g/mol. The van der Waals surface area contributed by atoms with Gasteiger partial charge in [0.25, 0.3) is 5.91 Å². The van der Waals surface area contributed by atoms with E-state index in [9.17, 15) is 22.8 Å². The minimum atomic E-state index is -4.37. The van der Waals surface area contributed by atoms with Crippen molar-refractivity contribution in [3.63, 3.8) is 0 Å². The summed E-state index contributed by atoms with van der Waals surface area (Å²) in [5.41, 5.74) is 1.06. The van der Waals surface area contributed by atoms with E-state index in [0.717, 1.165) is 12.8 Å². The molecule has 0 bridgehead atoms. The zero-order chi connectivity index (χ0) is 23.1. The lowest BCUT2D eigenvalue weighted by Crippen LogP contribution is -2.27. The van der Waals surface area contributed by atoms with Crippen molar-refractivity contribution >= 4 is 17.6 Å². The first-order valence-electron chi connectivity index (χ1n) is 10.0. The number of hydrogen-bond donors (Lipinski definition) is 2. The third-order valence-corrected chi connectivity index (χ3v) is 4.57. The summed E-state index contributed by atoms with van der Waals surface area (Å²) in [7, 11) is 0. The number of alkyl halides is 3. The fraction of sp³-hybridized carbons (Fsp3) is 0.429. The molecule has 1 fully saturated rings. The zero-order valence-corrected chi connectivity index (χ0v) is 17.3. The van der Waals surface area contributed by atoms with Gasteiger partial charge in [-0.25, -0.2) is 9.97 Å². The molecule has 2 amide bonds. The van der Waals surface area contributed by atoms with Crippen LogP contribution >= 0.6 is 0 Å². The topological polar surface area (TPSA) is 102 Å². The molecule has 2 heterocycles. The summed E-state index contributed by atoms with van der Waals surface area (Å²) >= 11 is 0. The second-order valence-electron chi connectivity index (χ2n) is 7.33. The van der Waals surface area contributed by atoms with Crippen molar-refractivity contribution in [3.8, 4) is 5.88 Å². The van der Waals surface area contributed by atoms with Crippen LogP contribution in [0.5, 0.6) is 5.88 Å². The summed E-state index contributed by atoms with van der Waals surface area (Å²) in [6, 6.07) is 5.93. The van der Waals surface area contributed by atoms with Gasteiger partial charge in [0, 0.05) is 29.9 Å². The molecule has 2 N–H and O–H groups in total. The molecule has 3 rings (SSSR count). The number of anilines is 1. The van der Waals surface area contributed by atoms with Crippen LogP contribution in [0.15, 0.2) is 36.7 Å². The third-order valence-electron chi connectivity index (χ3n) is 4.57. The number of carbonyl (C=O) groups is 2. The van der Waals surface area contributed by atoms with E-state index in [0.29, 0.717) is 16.9 Å². The Kier molecular flexibility index (Phi) is 7.62. The number of pyridine rings is 2. The molecule has 1 saturated carbocycles. The van der Waals surface area contributed by atoms with Gasteiger partial charge in [-0.2, -0.15) is 13.2 Å². The van der Waals surface area contributed by atoms with Crippen LogP contribution < -0.4 is 15.4 Å². The molecule has 2 aromatic heterocycles. The van der Waals surface area contributed by atoms with Gasteiger partial charge in [-0.05, 0) is 37.5 Å².